The van der Waals surface area contributed by atoms with Gasteiger partial charge in [0, 0.05) is 0 Å². The van der Waals surface area contributed by atoms with E-state index in [0.717, 1.165) is 11.3 Å². The van der Waals surface area contributed by atoms with Crippen LogP contribution in [0.15, 0.2) is 24.4 Å². The highest BCUT2D eigenvalue weighted by Gasteiger charge is 2.09. The van der Waals surface area contributed by atoms with Gasteiger partial charge in [-0.3, -0.25) is 0 Å². The Morgan fingerprint density at radius 3 is 2.75 bits per heavy atom. The number of hydrogen-bond acceptors (Lipinski definition) is 3. The van der Waals surface area contributed by atoms with Crippen LogP contribution in [-0.2, 0) is 0 Å². The summed E-state index contributed by atoms with van der Waals surface area (Å²) in [4.78, 5) is 0. The number of aryl methyl sites for hydroxylation is 1. The Kier molecular flexibility index (Phi) is 2.70. The zero-order valence-corrected chi connectivity index (χ0v) is 9.05. The minimum absolute atomic E-state index is 0.280. The molecule has 1 atom stereocenters. The first kappa shape index (κ1) is 10.8. The second-order valence-electron chi connectivity index (χ2n) is 3.69. The summed E-state index contributed by atoms with van der Waals surface area (Å²) in [5.74, 6) is -0.280. The minimum Gasteiger partial charge on any atom is -0.387 e. The maximum absolute atomic E-state index is 12.9. The molecule has 2 aromatic rings. The van der Waals surface area contributed by atoms with Crippen LogP contribution in [0.3, 0.4) is 0 Å². The number of nitrogens with zero attached hydrogens (tertiary/aromatic N) is 3. The lowest BCUT2D eigenvalue weighted by molar-refractivity contribution is 0.194. The lowest BCUT2D eigenvalue weighted by Crippen LogP contribution is -1.98. The smallest absolute Gasteiger partial charge is 0.123 e. The van der Waals surface area contributed by atoms with Gasteiger partial charge >= 0.3 is 0 Å². The quantitative estimate of drug-likeness (QED) is 0.840. The van der Waals surface area contributed by atoms with E-state index in [2.05, 4.69) is 10.3 Å². The van der Waals surface area contributed by atoms with Gasteiger partial charge in [-0.1, -0.05) is 5.21 Å². The molecule has 1 unspecified atom stereocenters. The molecule has 84 valence electrons. The van der Waals surface area contributed by atoms with Crippen molar-refractivity contribution in [1.82, 2.24) is 15.0 Å². The number of aliphatic hydroxyl groups excluding tert-OH is 1. The van der Waals surface area contributed by atoms with E-state index in [9.17, 15) is 9.50 Å². The number of rotatable bonds is 2. The van der Waals surface area contributed by atoms with Crippen LogP contribution in [0.2, 0.25) is 0 Å². The van der Waals surface area contributed by atoms with Crippen molar-refractivity contribution in [1.29, 1.82) is 0 Å². The van der Waals surface area contributed by atoms with E-state index < -0.39 is 6.10 Å². The van der Waals surface area contributed by atoms with Gasteiger partial charge in [0.2, 0.25) is 0 Å². The number of aliphatic hydroxyl groups is 1. The molecule has 1 N–H and O–H groups in total. The van der Waals surface area contributed by atoms with Gasteiger partial charge < -0.3 is 5.11 Å². The molecule has 0 amide bonds. The average molecular weight is 221 g/mol. The lowest BCUT2D eigenvalue weighted by Gasteiger charge is -2.04. The minimum atomic E-state index is -0.658. The topological polar surface area (TPSA) is 50.9 Å². The van der Waals surface area contributed by atoms with Crippen molar-refractivity contribution < 1.29 is 9.50 Å². The first-order valence-corrected chi connectivity index (χ1v) is 4.95. The molecular weight excluding hydrogens is 209 g/mol. The Morgan fingerprint density at radius 2 is 2.19 bits per heavy atom. The number of halogens is 1. The van der Waals surface area contributed by atoms with Gasteiger partial charge in [0.1, 0.15) is 11.5 Å². The Hall–Kier alpha value is -1.75. The van der Waals surface area contributed by atoms with Crippen LogP contribution in [0.4, 0.5) is 4.39 Å². The van der Waals surface area contributed by atoms with E-state index >= 15 is 0 Å². The van der Waals surface area contributed by atoms with Gasteiger partial charge in [-0.15, -0.1) is 5.10 Å². The summed E-state index contributed by atoms with van der Waals surface area (Å²) in [6, 6.07) is 4.43. The molecular formula is C11H12FN3O. The fourth-order valence-electron chi connectivity index (χ4n) is 1.46. The predicted octanol–water partition coefficient (Wildman–Crippen LogP) is 1.77. The highest BCUT2D eigenvalue weighted by Crippen LogP contribution is 2.16. The number of hydrogen-bond donors (Lipinski definition) is 1. The van der Waals surface area contributed by atoms with Gasteiger partial charge in [0.05, 0.1) is 18.0 Å². The molecule has 2 rings (SSSR count). The molecule has 5 heteroatoms. The van der Waals surface area contributed by atoms with Crippen LogP contribution in [0.5, 0.6) is 0 Å². The molecule has 1 aromatic carbocycles. The standard InChI is InChI=1S/C11H12FN3O/c1-7-5-9(12)3-4-11(7)15-6-10(8(2)16)13-14-15/h3-6,8,16H,1-2H3. The summed E-state index contributed by atoms with van der Waals surface area (Å²) in [6.45, 7) is 3.41. The van der Waals surface area contributed by atoms with E-state index in [0.29, 0.717) is 5.69 Å². The summed E-state index contributed by atoms with van der Waals surface area (Å²) in [5, 5.41) is 17.0. The molecule has 0 saturated carbocycles. The molecule has 0 aliphatic heterocycles. The molecule has 0 radical (unpaired) electrons. The van der Waals surface area contributed by atoms with Gasteiger partial charge in [-0.05, 0) is 37.6 Å². The third-order valence-corrected chi connectivity index (χ3v) is 2.34. The van der Waals surface area contributed by atoms with Crippen molar-refractivity contribution in [3.63, 3.8) is 0 Å². The molecule has 0 aliphatic carbocycles. The Labute approximate surface area is 92.3 Å². The Balaban J connectivity index is 2.42. The van der Waals surface area contributed by atoms with Crippen molar-refractivity contribution in [2.45, 2.75) is 20.0 Å². The first-order valence-electron chi connectivity index (χ1n) is 4.95. The molecule has 0 saturated heterocycles. The van der Waals surface area contributed by atoms with Crippen LogP contribution in [0.25, 0.3) is 5.69 Å². The highest BCUT2D eigenvalue weighted by molar-refractivity contribution is 5.39. The second kappa shape index (κ2) is 4.02. The summed E-state index contributed by atoms with van der Waals surface area (Å²) in [5.41, 5.74) is 2.01. The van der Waals surface area contributed by atoms with Crippen LogP contribution in [0, 0.1) is 12.7 Å². The molecule has 1 heterocycles. The monoisotopic (exact) mass is 221 g/mol. The van der Waals surface area contributed by atoms with Gasteiger partial charge in [0.15, 0.2) is 0 Å². The third-order valence-electron chi connectivity index (χ3n) is 2.34. The number of benzene rings is 1. The zero-order chi connectivity index (χ0) is 11.7. The second-order valence-corrected chi connectivity index (χ2v) is 3.69. The van der Waals surface area contributed by atoms with E-state index in [1.807, 2.05) is 0 Å². The van der Waals surface area contributed by atoms with Crippen molar-refractivity contribution in [3.8, 4) is 5.69 Å². The van der Waals surface area contributed by atoms with Gasteiger partial charge in [-0.2, -0.15) is 0 Å². The average Bonchev–Trinajstić information content (AvgIpc) is 2.66. The van der Waals surface area contributed by atoms with Crippen molar-refractivity contribution in [2.24, 2.45) is 0 Å². The third kappa shape index (κ3) is 1.94. The maximum atomic E-state index is 12.9. The van der Waals surface area contributed by atoms with E-state index in [4.69, 9.17) is 0 Å². The van der Waals surface area contributed by atoms with Gasteiger partial charge in [-0.25, -0.2) is 9.07 Å². The molecule has 0 spiro atoms. The summed E-state index contributed by atoms with van der Waals surface area (Å²) in [6.07, 6.45) is 0.972. The van der Waals surface area contributed by atoms with Crippen LogP contribution in [-0.4, -0.2) is 20.1 Å². The SMILES string of the molecule is Cc1cc(F)ccc1-n1cc(C(C)O)nn1. The fourth-order valence-corrected chi connectivity index (χ4v) is 1.46. The van der Waals surface area contributed by atoms with E-state index in [1.165, 1.54) is 16.8 Å². The van der Waals surface area contributed by atoms with Gasteiger partial charge in [0.25, 0.3) is 0 Å². The highest BCUT2D eigenvalue weighted by atomic mass is 19.1. The molecule has 0 aliphatic rings. The predicted molar refractivity (Wildman–Crippen MR) is 56.7 cm³/mol. The normalized spacial score (nSPS) is 12.8. The largest absolute Gasteiger partial charge is 0.387 e. The lowest BCUT2D eigenvalue weighted by atomic mass is 10.2. The van der Waals surface area contributed by atoms with Crippen molar-refractivity contribution in [3.05, 3.63) is 41.5 Å². The zero-order valence-electron chi connectivity index (χ0n) is 9.05. The van der Waals surface area contributed by atoms with Crippen molar-refractivity contribution >= 4 is 0 Å². The molecule has 16 heavy (non-hydrogen) atoms. The Bertz CT molecular complexity index is 508. The molecule has 1 aromatic heterocycles. The van der Waals surface area contributed by atoms with E-state index in [1.54, 1.807) is 26.1 Å². The molecule has 4 nitrogen and oxygen atoms in total. The number of aromatic nitrogens is 3. The van der Waals surface area contributed by atoms with Crippen molar-refractivity contribution in [2.75, 3.05) is 0 Å². The van der Waals surface area contributed by atoms with E-state index in [-0.39, 0.29) is 5.82 Å². The first-order chi connectivity index (χ1) is 7.58. The summed E-state index contributed by atoms with van der Waals surface area (Å²) >= 11 is 0. The van der Waals surface area contributed by atoms with Crippen LogP contribution >= 0.6 is 0 Å². The Morgan fingerprint density at radius 1 is 1.44 bits per heavy atom. The fraction of sp³-hybridized carbons (Fsp3) is 0.273. The maximum Gasteiger partial charge on any atom is 0.123 e. The molecule has 0 fully saturated rings. The molecule has 0 bridgehead atoms. The van der Waals surface area contributed by atoms with Crippen LogP contribution < -0.4 is 0 Å². The summed E-state index contributed by atoms with van der Waals surface area (Å²) < 4.78 is 14.4. The summed E-state index contributed by atoms with van der Waals surface area (Å²) in [7, 11) is 0. The van der Waals surface area contributed by atoms with Crippen LogP contribution in [0.1, 0.15) is 24.3 Å².